The van der Waals surface area contributed by atoms with E-state index >= 15 is 0 Å². The number of hydrogen-bond acceptors (Lipinski definition) is 2. The predicted molar refractivity (Wildman–Crippen MR) is 62.5 cm³/mol. The number of rotatable bonds is 5. The van der Waals surface area contributed by atoms with Crippen molar-refractivity contribution in [3.05, 3.63) is 0 Å². The lowest BCUT2D eigenvalue weighted by atomic mass is 9.92. The quantitative estimate of drug-likeness (QED) is 0.755. The Balaban J connectivity index is 2.45. The number of nitrogens with two attached hydrogens (primary N) is 1. The van der Waals surface area contributed by atoms with Gasteiger partial charge in [0.15, 0.2) is 0 Å². The number of nitrogens with zero attached hydrogens (tertiary/aromatic N) is 1. The molecule has 1 rings (SSSR count). The maximum absolute atomic E-state index is 11.0. The van der Waals surface area contributed by atoms with Crippen LogP contribution in [0.25, 0.3) is 0 Å². The van der Waals surface area contributed by atoms with Crippen molar-refractivity contribution in [3.8, 4) is 0 Å². The molecule has 1 fully saturated rings. The molecule has 1 heterocycles. The van der Waals surface area contributed by atoms with E-state index in [-0.39, 0.29) is 11.8 Å². The van der Waals surface area contributed by atoms with Gasteiger partial charge in [-0.05, 0) is 38.8 Å². The largest absolute Gasteiger partial charge is 0.369 e. The highest BCUT2D eigenvalue weighted by Gasteiger charge is 2.24. The Labute approximate surface area is 93.0 Å². The molecule has 2 unspecified atom stereocenters. The average Bonchev–Trinajstić information content (AvgIpc) is 2.21. The standard InChI is InChI=1S/C12H24N2O/c1-3-7-14-8-5-4-6-11(14)9-10(2)12(13)15/h10-11H,3-9H2,1-2H3,(H2,13,15). The molecule has 2 atom stereocenters. The van der Waals surface area contributed by atoms with Crippen LogP contribution < -0.4 is 5.73 Å². The van der Waals surface area contributed by atoms with Crippen LogP contribution >= 0.6 is 0 Å². The maximum Gasteiger partial charge on any atom is 0.220 e. The van der Waals surface area contributed by atoms with Crippen LogP contribution in [0.5, 0.6) is 0 Å². The molecule has 1 aliphatic rings. The second-order valence-electron chi connectivity index (χ2n) is 4.72. The summed E-state index contributed by atoms with van der Waals surface area (Å²) in [4.78, 5) is 13.6. The Morgan fingerprint density at radius 2 is 2.27 bits per heavy atom. The van der Waals surface area contributed by atoms with E-state index in [9.17, 15) is 4.79 Å². The van der Waals surface area contributed by atoms with Gasteiger partial charge in [-0.3, -0.25) is 4.79 Å². The molecule has 0 saturated carbocycles. The minimum absolute atomic E-state index is 0.0208. The highest BCUT2D eigenvalue weighted by atomic mass is 16.1. The number of carbonyl (C=O) groups is 1. The van der Waals surface area contributed by atoms with Gasteiger partial charge in [0.25, 0.3) is 0 Å². The Hall–Kier alpha value is -0.570. The number of hydrogen-bond donors (Lipinski definition) is 1. The van der Waals surface area contributed by atoms with Crippen molar-refractivity contribution in [2.45, 2.75) is 52.0 Å². The molecule has 0 aromatic carbocycles. The van der Waals surface area contributed by atoms with Crippen molar-refractivity contribution in [3.63, 3.8) is 0 Å². The summed E-state index contributed by atoms with van der Waals surface area (Å²) in [5, 5.41) is 0. The summed E-state index contributed by atoms with van der Waals surface area (Å²) >= 11 is 0. The predicted octanol–water partition coefficient (Wildman–Crippen LogP) is 1.76. The zero-order chi connectivity index (χ0) is 11.3. The first kappa shape index (κ1) is 12.5. The smallest absolute Gasteiger partial charge is 0.220 e. The fraction of sp³-hybridized carbons (Fsp3) is 0.917. The monoisotopic (exact) mass is 212 g/mol. The first-order valence-electron chi connectivity index (χ1n) is 6.18. The molecule has 0 spiro atoms. The lowest BCUT2D eigenvalue weighted by molar-refractivity contribution is -0.122. The summed E-state index contributed by atoms with van der Waals surface area (Å²) in [5.41, 5.74) is 5.32. The zero-order valence-corrected chi connectivity index (χ0v) is 10.0. The molecule has 0 aliphatic carbocycles. The summed E-state index contributed by atoms with van der Waals surface area (Å²) in [6.45, 7) is 6.52. The number of carbonyl (C=O) groups excluding carboxylic acids is 1. The van der Waals surface area contributed by atoms with Gasteiger partial charge in [-0.15, -0.1) is 0 Å². The summed E-state index contributed by atoms with van der Waals surface area (Å²) in [7, 11) is 0. The van der Waals surface area contributed by atoms with E-state index in [1.54, 1.807) is 0 Å². The van der Waals surface area contributed by atoms with E-state index < -0.39 is 0 Å². The van der Waals surface area contributed by atoms with E-state index in [1.165, 1.54) is 32.2 Å². The SMILES string of the molecule is CCCN1CCCCC1CC(C)C(N)=O. The van der Waals surface area contributed by atoms with Gasteiger partial charge in [0.2, 0.25) is 5.91 Å². The number of likely N-dealkylation sites (tertiary alicyclic amines) is 1. The van der Waals surface area contributed by atoms with Crippen LogP contribution in [0, 0.1) is 5.92 Å². The van der Waals surface area contributed by atoms with E-state index in [1.807, 2.05) is 6.92 Å². The van der Waals surface area contributed by atoms with Gasteiger partial charge in [-0.2, -0.15) is 0 Å². The molecule has 0 aromatic rings. The van der Waals surface area contributed by atoms with Crippen LogP contribution in [0.2, 0.25) is 0 Å². The van der Waals surface area contributed by atoms with Crippen LogP contribution in [0.15, 0.2) is 0 Å². The third-order valence-electron chi connectivity index (χ3n) is 3.37. The van der Waals surface area contributed by atoms with Crippen molar-refractivity contribution < 1.29 is 4.79 Å². The topological polar surface area (TPSA) is 46.3 Å². The van der Waals surface area contributed by atoms with E-state index in [2.05, 4.69) is 11.8 Å². The lowest BCUT2D eigenvalue weighted by Gasteiger charge is -2.36. The molecule has 0 aromatic heterocycles. The summed E-state index contributed by atoms with van der Waals surface area (Å²) in [5.74, 6) is -0.135. The molecule has 1 saturated heterocycles. The van der Waals surface area contributed by atoms with Crippen LogP contribution in [-0.2, 0) is 4.79 Å². The molecular formula is C12H24N2O. The van der Waals surface area contributed by atoms with Crippen molar-refractivity contribution in [2.75, 3.05) is 13.1 Å². The third kappa shape index (κ3) is 3.82. The molecule has 1 aliphatic heterocycles. The van der Waals surface area contributed by atoms with Crippen LogP contribution in [0.1, 0.15) is 46.0 Å². The van der Waals surface area contributed by atoms with Gasteiger partial charge >= 0.3 is 0 Å². The second kappa shape index (κ2) is 6.11. The zero-order valence-electron chi connectivity index (χ0n) is 10.0. The van der Waals surface area contributed by atoms with Crippen molar-refractivity contribution in [2.24, 2.45) is 11.7 Å². The van der Waals surface area contributed by atoms with Crippen molar-refractivity contribution >= 4 is 5.91 Å². The van der Waals surface area contributed by atoms with Gasteiger partial charge in [-0.25, -0.2) is 0 Å². The van der Waals surface area contributed by atoms with E-state index in [4.69, 9.17) is 5.73 Å². The molecule has 88 valence electrons. The van der Waals surface area contributed by atoms with Crippen LogP contribution in [-0.4, -0.2) is 29.9 Å². The average molecular weight is 212 g/mol. The Kier molecular flexibility index (Phi) is 5.09. The number of piperidine rings is 1. The summed E-state index contributed by atoms with van der Waals surface area (Å²) < 4.78 is 0. The summed E-state index contributed by atoms with van der Waals surface area (Å²) in [6.07, 6.45) is 5.98. The van der Waals surface area contributed by atoms with Crippen LogP contribution in [0.4, 0.5) is 0 Å². The molecule has 3 heteroatoms. The first-order valence-corrected chi connectivity index (χ1v) is 6.18. The minimum Gasteiger partial charge on any atom is -0.369 e. The van der Waals surface area contributed by atoms with Crippen molar-refractivity contribution in [1.29, 1.82) is 0 Å². The first-order chi connectivity index (χ1) is 7.15. The van der Waals surface area contributed by atoms with Gasteiger partial charge in [0.05, 0.1) is 0 Å². The van der Waals surface area contributed by atoms with E-state index in [0.717, 1.165) is 13.0 Å². The second-order valence-corrected chi connectivity index (χ2v) is 4.72. The van der Waals surface area contributed by atoms with Gasteiger partial charge in [0, 0.05) is 12.0 Å². The van der Waals surface area contributed by atoms with Gasteiger partial charge in [-0.1, -0.05) is 20.3 Å². The molecule has 0 bridgehead atoms. The Morgan fingerprint density at radius 1 is 1.53 bits per heavy atom. The van der Waals surface area contributed by atoms with Gasteiger partial charge < -0.3 is 10.6 Å². The number of amides is 1. The molecule has 1 amide bonds. The Bertz CT molecular complexity index is 204. The van der Waals surface area contributed by atoms with Crippen LogP contribution in [0.3, 0.4) is 0 Å². The normalized spacial score (nSPS) is 25.1. The fourth-order valence-corrected chi connectivity index (χ4v) is 2.43. The highest BCUT2D eigenvalue weighted by Crippen LogP contribution is 2.22. The van der Waals surface area contributed by atoms with E-state index in [0.29, 0.717) is 6.04 Å². The lowest BCUT2D eigenvalue weighted by Crippen LogP contribution is -2.42. The number of primary amides is 1. The third-order valence-corrected chi connectivity index (χ3v) is 3.37. The maximum atomic E-state index is 11.0. The highest BCUT2D eigenvalue weighted by molar-refractivity contribution is 5.76. The molecule has 2 N–H and O–H groups in total. The molecular weight excluding hydrogens is 188 g/mol. The fourth-order valence-electron chi connectivity index (χ4n) is 2.43. The molecule has 3 nitrogen and oxygen atoms in total. The Morgan fingerprint density at radius 3 is 2.87 bits per heavy atom. The molecule has 15 heavy (non-hydrogen) atoms. The van der Waals surface area contributed by atoms with Crippen molar-refractivity contribution in [1.82, 2.24) is 4.90 Å². The minimum atomic E-state index is -0.156. The summed E-state index contributed by atoms with van der Waals surface area (Å²) in [6, 6.07) is 0.584. The van der Waals surface area contributed by atoms with Gasteiger partial charge in [0.1, 0.15) is 0 Å². The molecule has 0 radical (unpaired) electrons.